The van der Waals surface area contributed by atoms with Gasteiger partial charge in [-0.2, -0.15) is 0 Å². The summed E-state index contributed by atoms with van der Waals surface area (Å²) in [5.74, 6) is -0.818. The van der Waals surface area contributed by atoms with Crippen LogP contribution >= 0.6 is 7.82 Å². The van der Waals surface area contributed by atoms with Crippen molar-refractivity contribution in [1.29, 1.82) is 0 Å². The van der Waals surface area contributed by atoms with Crippen molar-refractivity contribution in [3.63, 3.8) is 0 Å². The number of nitrogens with zero attached hydrogens (tertiary/aromatic N) is 1. The Bertz CT molecular complexity index is 1130. The standard InChI is InChI=1S/C56H110NO8P/c1-6-8-10-12-14-16-18-19-20-21-22-23-24-25-26-27-28-29-30-31-32-33-34-35-36-37-39-41-43-45-47-49-56(59)65-54(53-64-66(60,61)63-51-50-57(3,4)5)52-62-55(58)48-46-44-42-40-38-17-15-13-11-9-7-2/h21-22,54H,6-20,23-53H2,1-5H3/b22-21-. The molecule has 0 aromatic carbocycles. The fourth-order valence-corrected chi connectivity index (χ4v) is 9.09. The van der Waals surface area contributed by atoms with E-state index in [1.165, 1.54) is 218 Å². The van der Waals surface area contributed by atoms with Gasteiger partial charge in [0.25, 0.3) is 7.82 Å². The summed E-state index contributed by atoms with van der Waals surface area (Å²) >= 11 is 0. The van der Waals surface area contributed by atoms with E-state index in [9.17, 15) is 19.0 Å². The molecule has 0 heterocycles. The first-order chi connectivity index (χ1) is 32.0. The molecule has 0 amide bonds. The highest BCUT2D eigenvalue weighted by molar-refractivity contribution is 7.45. The van der Waals surface area contributed by atoms with Crippen molar-refractivity contribution in [1.82, 2.24) is 0 Å². The Morgan fingerprint density at radius 1 is 0.455 bits per heavy atom. The number of unbranched alkanes of at least 4 members (excludes halogenated alkanes) is 37. The summed E-state index contributed by atoms with van der Waals surface area (Å²) in [6.07, 6.45) is 55.6. The van der Waals surface area contributed by atoms with Gasteiger partial charge in [-0.15, -0.1) is 0 Å². The van der Waals surface area contributed by atoms with Gasteiger partial charge >= 0.3 is 11.9 Å². The molecule has 0 spiro atoms. The Kier molecular flexibility index (Phi) is 47.8. The Morgan fingerprint density at radius 2 is 0.773 bits per heavy atom. The van der Waals surface area contributed by atoms with Gasteiger partial charge in [-0.3, -0.25) is 14.2 Å². The van der Waals surface area contributed by atoms with Crippen molar-refractivity contribution in [2.75, 3.05) is 47.5 Å². The van der Waals surface area contributed by atoms with Crippen LogP contribution in [0.3, 0.4) is 0 Å². The molecule has 0 saturated carbocycles. The number of hydrogen-bond acceptors (Lipinski definition) is 8. The van der Waals surface area contributed by atoms with Crippen LogP contribution in [0.5, 0.6) is 0 Å². The minimum absolute atomic E-state index is 0.0265. The van der Waals surface area contributed by atoms with Crippen LogP contribution in [0, 0.1) is 0 Å². The van der Waals surface area contributed by atoms with Crippen molar-refractivity contribution < 1.29 is 42.1 Å². The van der Waals surface area contributed by atoms with Crippen molar-refractivity contribution in [3.8, 4) is 0 Å². The van der Waals surface area contributed by atoms with Crippen LogP contribution in [0.4, 0.5) is 0 Å². The van der Waals surface area contributed by atoms with E-state index >= 15 is 0 Å². The monoisotopic (exact) mass is 956 g/mol. The molecule has 0 aromatic heterocycles. The van der Waals surface area contributed by atoms with Gasteiger partial charge in [0.1, 0.15) is 19.8 Å². The Labute approximate surface area is 409 Å². The lowest BCUT2D eigenvalue weighted by molar-refractivity contribution is -0.870. The van der Waals surface area contributed by atoms with Crippen molar-refractivity contribution >= 4 is 19.8 Å². The van der Waals surface area contributed by atoms with Crippen molar-refractivity contribution in [2.45, 2.75) is 290 Å². The highest BCUT2D eigenvalue weighted by atomic mass is 31.2. The molecule has 0 N–H and O–H groups in total. The first-order valence-electron chi connectivity index (χ1n) is 28.4. The fourth-order valence-electron chi connectivity index (χ4n) is 8.36. The number of rotatable bonds is 53. The second-order valence-corrected chi connectivity index (χ2v) is 22.1. The normalized spacial score (nSPS) is 13.4. The molecular weight excluding hydrogens is 846 g/mol. The Morgan fingerprint density at radius 3 is 1.12 bits per heavy atom. The van der Waals surface area contributed by atoms with E-state index in [4.69, 9.17) is 18.5 Å². The second kappa shape index (κ2) is 48.8. The largest absolute Gasteiger partial charge is 0.756 e. The maximum absolute atomic E-state index is 12.8. The molecule has 2 atom stereocenters. The minimum atomic E-state index is -4.62. The first kappa shape index (κ1) is 64.8. The molecular formula is C56H110NO8P. The molecule has 0 radical (unpaired) electrons. The average Bonchev–Trinajstić information content (AvgIpc) is 3.27. The minimum Gasteiger partial charge on any atom is -0.756 e. The lowest BCUT2D eigenvalue weighted by Crippen LogP contribution is -2.37. The quantitative estimate of drug-likeness (QED) is 0.0195. The zero-order chi connectivity index (χ0) is 48.5. The number of quaternary nitrogens is 1. The molecule has 0 aliphatic heterocycles. The lowest BCUT2D eigenvalue weighted by Gasteiger charge is -2.28. The van der Waals surface area contributed by atoms with Crippen molar-refractivity contribution in [2.24, 2.45) is 0 Å². The van der Waals surface area contributed by atoms with Crippen LogP contribution in [0.15, 0.2) is 12.2 Å². The molecule has 0 saturated heterocycles. The third-order valence-corrected chi connectivity index (χ3v) is 13.7. The van der Waals surface area contributed by atoms with E-state index < -0.39 is 26.5 Å². The number of allylic oxidation sites excluding steroid dienone is 2. The van der Waals surface area contributed by atoms with Crippen LogP contribution in [-0.2, 0) is 32.7 Å². The van der Waals surface area contributed by atoms with Gasteiger partial charge in [-0.1, -0.05) is 244 Å². The lowest BCUT2D eigenvalue weighted by atomic mass is 10.0. The molecule has 0 bridgehead atoms. The van der Waals surface area contributed by atoms with Gasteiger partial charge in [0, 0.05) is 12.8 Å². The maximum atomic E-state index is 12.8. The predicted octanol–water partition coefficient (Wildman–Crippen LogP) is 16.6. The molecule has 10 heteroatoms. The van der Waals surface area contributed by atoms with Gasteiger partial charge in [0.2, 0.25) is 0 Å². The molecule has 2 unspecified atom stereocenters. The van der Waals surface area contributed by atoms with E-state index in [-0.39, 0.29) is 32.0 Å². The highest BCUT2D eigenvalue weighted by Gasteiger charge is 2.22. The molecule has 0 fully saturated rings. The van der Waals surface area contributed by atoms with Crippen LogP contribution < -0.4 is 4.89 Å². The molecule has 0 aliphatic carbocycles. The topological polar surface area (TPSA) is 111 Å². The summed E-state index contributed by atoms with van der Waals surface area (Å²) in [6, 6.07) is 0. The number of carbonyl (C=O) groups is 2. The second-order valence-electron chi connectivity index (χ2n) is 20.7. The third kappa shape index (κ3) is 52.1. The molecule has 66 heavy (non-hydrogen) atoms. The number of phosphoric acid groups is 1. The summed E-state index contributed by atoms with van der Waals surface area (Å²) in [4.78, 5) is 37.7. The predicted molar refractivity (Wildman–Crippen MR) is 278 cm³/mol. The number of likely N-dealkylation sites (N-methyl/N-ethyl adjacent to an activating group) is 1. The van der Waals surface area contributed by atoms with Crippen LogP contribution in [0.2, 0.25) is 0 Å². The number of carbonyl (C=O) groups excluding carboxylic acids is 2. The zero-order valence-corrected chi connectivity index (χ0v) is 45.3. The summed E-state index contributed by atoms with van der Waals surface area (Å²) < 4.78 is 34.0. The smallest absolute Gasteiger partial charge is 0.306 e. The van der Waals surface area contributed by atoms with Gasteiger partial charge in [0.05, 0.1) is 27.7 Å². The zero-order valence-electron chi connectivity index (χ0n) is 44.4. The van der Waals surface area contributed by atoms with Gasteiger partial charge in [0.15, 0.2) is 6.10 Å². The van der Waals surface area contributed by atoms with E-state index in [0.717, 1.165) is 32.1 Å². The number of phosphoric ester groups is 1. The molecule has 0 aromatic rings. The average molecular weight is 956 g/mol. The Balaban J connectivity index is 3.97. The highest BCUT2D eigenvalue weighted by Crippen LogP contribution is 2.38. The summed E-state index contributed by atoms with van der Waals surface area (Å²) in [6.45, 7) is 4.27. The van der Waals surface area contributed by atoms with Crippen LogP contribution in [0.25, 0.3) is 0 Å². The number of esters is 2. The molecule has 9 nitrogen and oxygen atoms in total. The SMILES string of the molecule is CCCCCCCCCC/C=C\CCCCCCCCCCCCCCCCCCCCCC(=O)OC(COC(=O)CCCCCCCCCCCCC)COP(=O)([O-])OCC[N+](C)(C)C. The molecule has 0 rings (SSSR count). The molecule has 0 aliphatic rings. The van der Waals surface area contributed by atoms with Gasteiger partial charge in [-0.25, -0.2) is 0 Å². The first-order valence-corrected chi connectivity index (χ1v) is 29.9. The third-order valence-electron chi connectivity index (χ3n) is 12.8. The van der Waals surface area contributed by atoms with E-state index in [1.807, 2.05) is 21.1 Å². The summed E-state index contributed by atoms with van der Waals surface area (Å²) in [7, 11) is 1.18. The number of ether oxygens (including phenoxy) is 2. The van der Waals surface area contributed by atoms with Crippen LogP contribution in [-0.4, -0.2) is 70.0 Å². The van der Waals surface area contributed by atoms with E-state index in [2.05, 4.69) is 26.0 Å². The summed E-state index contributed by atoms with van der Waals surface area (Å²) in [5, 5.41) is 0. The fraction of sp³-hybridized carbons (Fsp3) is 0.929. The van der Waals surface area contributed by atoms with E-state index in [1.54, 1.807) is 0 Å². The van der Waals surface area contributed by atoms with Crippen molar-refractivity contribution in [3.05, 3.63) is 12.2 Å². The molecule has 392 valence electrons. The maximum Gasteiger partial charge on any atom is 0.306 e. The Hall–Kier alpha value is -1.25. The van der Waals surface area contributed by atoms with Crippen LogP contribution in [0.1, 0.15) is 284 Å². The van der Waals surface area contributed by atoms with Gasteiger partial charge < -0.3 is 27.9 Å². The summed E-state index contributed by atoms with van der Waals surface area (Å²) in [5.41, 5.74) is 0. The number of hydrogen-bond donors (Lipinski definition) is 0. The van der Waals surface area contributed by atoms with Gasteiger partial charge in [-0.05, 0) is 38.5 Å². The van der Waals surface area contributed by atoms with E-state index in [0.29, 0.717) is 17.4 Å².